The zero-order valence-corrected chi connectivity index (χ0v) is 12.3. The molecule has 0 aliphatic rings. The number of hydrogen-bond acceptors (Lipinski definition) is 2. The van der Waals surface area contributed by atoms with Crippen LogP contribution in [0.3, 0.4) is 0 Å². The summed E-state index contributed by atoms with van der Waals surface area (Å²) in [5.41, 5.74) is 0.927. The number of amides is 1. The number of rotatable bonds is 6. The van der Waals surface area contributed by atoms with E-state index in [-0.39, 0.29) is 11.3 Å². The lowest BCUT2D eigenvalue weighted by molar-refractivity contribution is -0.142. The number of carboxylic acids is 1. The highest BCUT2D eigenvalue weighted by atomic mass is 16.4. The summed E-state index contributed by atoms with van der Waals surface area (Å²) in [6.45, 7) is 5.85. The molecule has 0 aliphatic heterocycles. The fourth-order valence-corrected chi connectivity index (χ4v) is 1.94. The number of nitrogens with one attached hydrogen (secondary N) is 1. The monoisotopic (exact) mass is 277 g/mol. The lowest BCUT2D eigenvalue weighted by atomic mass is 9.91. The molecular formula is C16H23NO3. The van der Waals surface area contributed by atoms with Gasteiger partial charge >= 0.3 is 5.97 Å². The predicted octanol–water partition coefficient (Wildman–Crippen LogP) is 2.62. The molecule has 20 heavy (non-hydrogen) atoms. The summed E-state index contributed by atoms with van der Waals surface area (Å²) in [4.78, 5) is 23.0. The Kier molecular flexibility index (Phi) is 5.74. The largest absolute Gasteiger partial charge is 0.480 e. The van der Waals surface area contributed by atoms with Crippen LogP contribution in [0.4, 0.5) is 0 Å². The van der Waals surface area contributed by atoms with Crippen molar-refractivity contribution in [2.45, 2.75) is 46.1 Å². The van der Waals surface area contributed by atoms with E-state index in [0.29, 0.717) is 19.3 Å². The molecule has 1 atom stereocenters. The first-order valence-corrected chi connectivity index (χ1v) is 6.84. The van der Waals surface area contributed by atoms with E-state index in [4.69, 9.17) is 0 Å². The topological polar surface area (TPSA) is 66.4 Å². The van der Waals surface area contributed by atoms with Gasteiger partial charge in [0, 0.05) is 6.42 Å². The van der Waals surface area contributed by atoms with Crippen molar-refractivity contribution in [2.24, 2.45) is 5.41 Å². The Balaban J connectivity index is 2.53. The smallest absolute Gasteiger partial charge is 0.326 e. The van der Waals surface area contributed by atoms with Crippen LogP contribution in [-0.2, 0) is 16.0 Å². The van der Waals surface area contributed by atoms with Gasteiger partial charge in [0.1, 0.15) is 6.04 Å². The molecule has 0 saturated heterocycles. The summed E-state index contributed by atoms with van der Waals surface area (Å²) in [7, 11) is 0. The molecule has 4 heteroatoms. The van der Waals surface area contributed by atoms with Crippen molar-refractivity contribution < 1.29 is 14.7 Å². The standard InChI is InChI=1S/C16H23NO3/c1-16(2,3)11-14(18)17-13(15(19)20)10-9-12-7-5-4-6-8-12/h4-8,13H,9-11H2,1-3H3,(H,17,18)(H,19,20). The van der Waals surface area contributed by atoms with Gasteiger partial charge in [-0.05, 0) is 23.8 Å². The number of carbonyl (C=O) groups is 2. The van der Waals surface area contributed by atoms with E-state index in [9.17, 15) is 14.7 Å². The Morgan fingerprint density at radius 1 is 1.20 bits per heavy atom. The summed E-state index contributed by atoms with van der Waals surface area (Å²) in [6.07, 6.45) is 1.35. The van der Waals surface area contributed by atoms with Gasteiger partial charge in [-0.1, -0.05) is 51.1 Å². The van der Waals surface area contributed by atoms with Gasteiger partial charge in [-0.15, -0.1) is 0 Å². The van der Waals surface area contributed by atoms with Crippen LogP contribution in [-0.4, -0.2) is 23.0 Å². The number of benzene rings is 1. The molecule has 0 bridgehead atoms. The summed E-state index contributed by atoms with van der Waals surface area (Å²) >= 11 is 0. The Labute approximate surface area is 120 Å². The molecule has 0 aliphatic carbocycles. The number of aliphatic carboxylic acids is 1. The van der Waals surface area contributed by atoms with Gasteiger partial charge in [0.2, 0.25) is 5.91 Å². The van der Waals surface area contributed by atoms with E-state index >= 15 is 0 Å². The van der Waals surface area contributed by atoms with Crippen LogP contribution in [0.1, 0.15) is 39.2 Å². The Bertz CT molecular complexity index is 449. The molecule has 1 rings (SSSR count). The molecule has 110 valence electrons. The van der Waals surface area contributed by atoms with Gasteiger partial charge < -0.3 is 10.4 Å². The third-order valence-electron chi connectivity index (χ3n) is 2.89. The lowest BCUT2D eigenvalue weighted by Crippen LogP contribution is -2.42. The fourth-order valence-electron chi connectivity index (χ4n) is 1.94. The molecule has 1 aromatic rings. The first-order chi connectivity index (χ1) is 9.28. The van der Waals surface area contributed by atoms with Crippen LogP contribution in [0.25, 0.3) is 0 Å². The van der Waals surface area contributed by atoms with Crippen molar-refractivity contribution in [3.63, 3.8) is 0 Å². The zero-order valence-electron chi connectivity index (χ0n) is 12.3. The minimum absolute atomic E-state index is 0.146. The van der Waals surface area contributed by atoms with Crippen LogP contribution in [0.5, 0.6) is 0 Å². The molecule has 1 aromatic carbocycles. The molecule has 0 radical (unpaired) electrons. The van der Waals surface area contributed by atoms with Gasteiger partial charge in [-0.3, -0.25) is 4.79 Å². The van der Waals surface area contributed by atoms with Crippen molar-refractivity contribution in [1.82, 2.24) is 5.32 Å². The summed E-state index contributed by atoms with van der Waals surface area (Å²) < 4.78 is 0. The van der Waals surface area contributed by atoms with Crippen LogP contribution in [0, 0.1) is 5.41 Å². The molecular weight excluding hydrogens is 254 g/mol. The van der Waals surface area contributed by atoms with Crippen molar-refractivity contribution >= 4 is 11.9 Å². The van der Waals surface area contributed by atoms with E-state index in [1.165, 1.54) is 0 Å². The van der Waals surface area contributed by atoms with Crippen molar-refractivity contribution in [1.29, 1.82) is 0 Å². The Hall–Kier alpha value is -1.84. The maximum absolute atomic E-state index is 11.8. The highest BCUT2D eigenvalue weighted by Gasteiger charge is 2.22. The van der Waals surface area contributed by atoms with Crippen molar-refractivity contribution in [3.8, 4) is 0 Å². The van der Waals surface area contributed by atoms with E-state index in [1.807, 2.05) is 51.1 Å². The maximum Gasteiger partial charge on any atom is 0.326 e. The van der Waals surface area contributed by atoms with Gasteiger partial charge in [0.25, 0.3) is 0 Å². The molecule has 1 unspecified atom stereocenters. The van der Waals surface area contributed by atoms with E-state index in [1.54, 1.807) is 0 Å². The summed E-state index contributed by atoms with van der Waals surface area (Å²) in [5, 5.41) is 11.8. The highest BCUT2D eigenvalue weighted by Crippen LogP contribution is 2.18. The fraction of sp³-hybridized carbons (Fsp3) is 0.500. The lowest BCUT2D eigenvalue weighted by Gasteiger charge is -2.20. The zero-order chi connectivity index (χ0) is 15.2. The SMILES string of the molecule is CC(C)(C)CC(=O)NC(CCc1ccccc1)C(=O)O. The minimum Gasteiger partial charge on any atom is -0.480 e. The van der Waals surface area contributed by atoms with Crippen LogP contribution in [0.2, 0.25) is 0 Å². The number of hydrogen-bond donors (Lipinski definition) is 2. The van der Waals surface area contributed by atoms with E-state index in [2.05, 4.69) is 5.32 Å². The average molecular weight is 277 g/mol. The molecule has 1 amide bonds. The quantitative estimate of drug-likeness (QED) is 0.840. The molecule has 4 nitrogen and oxygen atoms in total. The Morgan fingerprint density at radius 2 is 1.80 bits per heavy atom. The minimum atomic E-state index is -0.983. The van der Waals surface area contributed by atoms with Crippen molar-refractivity contribution in [3.05, 3.63) is 35.9 Å². The number of carbonyl (C=O) groups excluding carboxylic acids is 1. The number of aryl methyl sites for hydroxylation is 1. The normalized spacial score (nSPS) is 12.8. The Morgan fingerprint density at radius 3 is 2.30 bits per heavy atom. The molecule has 0 saturated carbocycles. The highest BCUT2D eigenvalue weighted by molar-refractivity contribution is 5.83. The predicted molar refractivity (Wildman–Crippen MR) is 78.4 cm³/mol. The second-order valence-electron chi connectivity index (χ2n) is 6.22. The second-order valence-corrected chi connectivity index (χ2v) is 6.22. The third-order valence-corrected chi connectivity index (χ3v) is 2.89. The average Bonchev–Trinajstić information content (AvgIpc) is 2.33. The maximum atomic E-state index is 11.8. The van der Waals surface area contributed by atoms with Gasteiger partial charge in [-0.25, -0.2) is 4.79 Å². The summed E-state index contributed by atoms with van der Waals surface area (Å²) in [6, 6.07) is 8.84. The molecule has 0 aromatic heterocycles. The van der Waals surface area contributed by atoms with Crippen LogP contribution >= 0.6 is 0 Å². The van der Waals surface area contributed by atoms with Gasteiger partial charge in [-0.2, -0.15) is 0 Å². The van der Waals surface area contributed by atoms with Gasteiger partial charge in [0.05, 0.1) is 0 Å². The molecule has 2 N–H and O–H groups in total. The second kappa shape index (κ2) is 7.08. The molecule has 0 spiro atoms. The molecule has 0 heterocycles. The number of carboxylic acid groups (broad SMARTS) is 1. The first kappa shape index (κ1) is 16.2. The third kappa shape index (κ3) is 6.36. The van der Waals surface area contributed by atoms with Crippen LogP contribution < -0.4 is 5.32 Å². The molecule has 0 fully saturated rings. The van der Waals surface area contributed by atoms with E-state index in [0.717, 1.165) is 5.56 Å². The van der Waals surface area contributed by atoms with E-state index < -0.39 is 12.0 Å². The first-order valence-electron chi connectivity index (χ1n) is 6.84. The van der Waals surface area contributed by atoms with Gasteiger partial charge in [0.15, 0.2) is 0 Å². The van der Waals surface area contributed by atoms with Crippen molar-refractivity contribution in [2.75, 3.05) is 0 Å². The summed E-state index contributed by atoms with van der Waals surface area (Å²) in [5.74, 6) is -1.19. The van der Waals surface area contributed by atoms with Crippen LogP contribution in [0.15, 0.2) is 30.3 Å².